The summed E-state index contributed by atoms with van der Waals surface area (Å²) < 4.78 is 2.41. The first-order valence-electron chi connectivity index (χ1n) is 17.7. The molecule has 0 aliphatic rings. The maximum Gasteiger partial charge on any atom is 0.160 e. The van der Waals surface area contributed by atoms with Gasteiger partial charge >= 0.3 is 0 Å². The van der Waals surface area contributed by atoms with Crippen molar-refractivity contribution in [3.8, 4) is 45.3 Å². The molecule has 0 unspecified atom stereocenters. The van der Waals surface area contributed by atoms with Crippen LogP contribution in [0.15, 0.2) is 170 Å². The van der Waals surface area contributed by atoms with E-state index in [0.29, 0.717) is 0 Å². The number of hydrogen-bond acceptors (Lipinski definition) is 5. The van der Waals surface area contributed by atoms with Gasteiger partial charge in [-0.2, -0.15) is 0 Å². The van der Waals surface area contributed by atoms with Gasteiger partial charge in [0, 0.05) is 53.2 Å². The van der Waals surface area contributed by atoms with Crippen molar-refractivity contribution in [2.45, 2.75) is 0 Å². The van der Waals surface area contributed by atoms with Crippen LogP contribution in [0.3, 0.4) is 0 Å². The molecule has 0 N–H and O–H groups in total. The minimum atomic E-state index is 0.718. The van der Waals surface area contributed by atoms with E-state index in [1.807, 2.05) is 12.1 Å². The van der Waals surface area contributed by atoms with Crippen LogP contribution in [0.4, 0.5) is 0 Å². The van der Waals surface area contributed by atoms with Crippen molar-refractivity contribution >= 4 is 74.9 Å². The van der Waals surface area contributed by atoms with Gasteiger partial charge in [0.05, 0.1) is 22.4 Å². The molecular formula is C48H28N4S. The molecule has 11 rings (SSSR count). The van der Waals surface area contributed by atoms with Crippen LogP contribution in [0.25, 0.3) is 109 Å². The molecule has 0 radical (unpaired) electrons. The summed E-state index contributed by atoms with van der Waals surface area (Å²) in [5.41, 5.74) is 7.89. The summed E-state index contributed by atoms with van der Waals surface area (Å²) >= 11 is 1.79. The Hall–Kier alpha value is -6.82. The molecule has 0 bridgehead atoms. The second-order valence-electron chi connectivity index (χ2n) is 13.5. The second-order valence-corrected chi connectivity index (χ2v) is 14.6. The van der Waals surface area contributed by atoms with Crippen LogP contribution < -0.4 is 0 Å². The van der Waals surface area contributed by atoms with E-state index in [0.717, 1.165) is 67.1 Å². The minimum absolute atomic E-state index is 0.718. The number of hydrogen-bond donors (Lipinski definition) is 0. The van der Waals surface area contributed by atoms with Crippen LogP contribution >= 0.6 is 11.3 Å². The molecule has 8 aromatic carbocycles. The van der Waals surface area contributed by atoms with Gasteiger partial charge in [0.15, 0.2) is 11.6 Å². The lowest BCUT2D eigenvalue weighted by Gasteiger charge is -2.11. The van der Waals surface area contributed by atoms with Gasteiger partial charge in [-0.1, -0.05) is 121 Å². The molecule has 0 saturated heterocycles. The zero-order valence-electron chi connectivity index (χ0n) is 28.4. The van der Waals surface area contributed by atoms with Gasteiger partial charge in [0.2, 0.25) is 0 Å². The average molecular weight is 693 g/mol. The number of rotatable bonds is 4. The zero-order valence-corrected chi connectivity index (χ0v) is 29.2. The number of aromatic nitrogens is 4. The van der Waals surface area contributed by atoms with E-state index in [1.54, 1.807) is 11.3 Å². The van der Waals surface area contributed by atoms with Crippen molar-refractivity contribution in [3.05, 3.63) is 170 Å². The van der Waals surface area contributed by atoms with Crippen molar-refractivity contribution < 1.29 is 0 Å². The smallest absolute Gasteiger partial charge is 0.160 e. The van der Waals surface area contributed by atoms with Crippen LogP contribution in [0.5, 0.6) is 0 Å². The molecule has 3 heterocycles. The highest BCUT2D eigenvalue weighted by atomic mass is 32.1. The van der Waals surface area contributed by atoms with Crippen LogP contribution in [0, 0.1) is 0 Å². The maximum atomic E-state index is 5.22. The van der Waals surface area contributed by atoms with Gasteiger partial charge in [-0.25, -0.2) is 19.9 Å². The highest BCUT2D eigenvalue weighted by Gasteiger charge is 2.16. The van der Waals surface area contributed by atoms with Crippen molar-refractivity contribution in [2.24, 2.45) is 0 Å². The van der Waals surface area contributed by atoms with Crippen molar-refractivity contribution in [1.29, 1.82) is 0 Å². The molecule has 0 amide bonds. The van der Waals surface area contributed by atoms with E-state index in [2.05, 4.69) is 158 Å². The van der Waals surface area contributed by atoms with Crippen molar-refractivity contribution in [3.63, 3.8) is 0 Å². The number of fused-ring (bicyclic) bond motifs is 7. The monoisotopic (exact) mass is 692 g/mol. The Morgan fingerprint density at radius 2 is 0.792 bits per heavy atom. The lowest BCUT2D eigenvalue weighted by molar-refractivity contribution is 1.23. The first-order chi connectivity index (χ1) is 26.2. The normalized spacial score (nSPS) is 11.8. The Morgan fingerprint density at radius 1 is 0.302 bits per heavy atom. The predicted molar refractivity (Wildman–Crippen MR) is 222 cm³/mol. The maximum absolute atomic E-state index is 5.22. The van der Waals surface area contributed by atoms with E-state index >= 15 is 0 Å². The third-order valence-corrected chi connectivity index (χ3v) is 11.4. The molecule has 4 nitrogen and oxygen atoms in total. The molecule has 0 aliphatic heterocycles. The van der Waals surface area contributed by atoms with E-state index < -0.39 is 0 Å². The molecule has 53 heavy (non-hydrogen) atoms. The topological polar surface area (TPSA) is 51.6 Å². The Bertz CT molecular complexity index is 3250. The van der Waals surface area contributed by atoms with Gasteiger partial charge in [-0.3, -0.25) is 0 Å². The number of thiophene rings is 1. The Labute approximate surface area is 308 Å². The molecule has 3 aromatic heterocycles. The third kappa shape index (κ3) is 5.05. The summed E-state index contributed by atoms with van der Waals surface area (Å²) in [6.45, 7) is 0. The fourth-order valence-electron chi connectivity index (χ4n) is 7.58. The highest BCUT2D eigenvalue weighted by Crippen LogP contribution is 2.39. The highest BCUT2D eigenvalue weighted by molar-refractivity contribution is 7.25. The van der Waals surface area contributed by atoms with E-state index in [-0.39, 0.29) is 0 Å². The number of para-hydroxylation sites is 2. The summed E-state index contributed by atoms with van der Waals surface area (Å²) in [4.78, 5) is 20.6. The molecule has 246 valence electrons. The second kappa shape index (κ2) is 11.9. The van der Waals surface area contributed by atoms with E-state index in [4.69, 9.17) is 19.9 Å². The molecule has 0 fully saturated rings. The first kappa shape index (κ1) is 29.9. The lowest BCUT2D eigenvalue weighted by Crippen LogP contribution is -1.95. The number of benzene rings is 8. The first-order valence-corrected chi connectivity index (χ1v) is 18.5. The van der Waals surface area contributed by atoms with Gasteiger partial charge in [-0.05, 0) is 70.1 Å². The average Bonchev–Trinajstić information content (AvgIpc) is 3.60. The SMILES string of the molecule is c1ccc2cc(-c3nc(-c4ccc5c(c4)sc4ccc(-c6nc(-c7ccc8ccccc8c7)c7ccccc7n6)cc45)nc4ccccc34)ccc2c1. The lowest BCUT2D eigenvalue weighted by atomic mass is 10.0. The molecule has 0 atom stereocenters. The Morgan fingerprint density at radius 3 is 1.40 bits per heavy atom. The van der Waals surface area contributed by atoms with Crippen molar-refractivity contribution in [2.75, 3.05) is 0 Å². The predicted octanol–water partition coefficient (Wildman–Crippen LogP) is 12.9. The zero-order chi connectivity index (χ0) is 34.9. The third-order valence-electron chi connectivity index (χ3n) is 10.2. The van der Waals surface area contributed by atoms with Gasteiger partial charge in [0.1, 0.15) is 0 Å². The fraction of sp³-hybridized carbons (Fsp3) is 0. The standard InChI is InChI=1S/C48H28N4S/c1-3-11-31-25-33(19-17-29(31)9-1)45-38-13-5-7-15-41(38)49-47(51-45)35-22-24-43-40(27-35)37-23-21-36(28-44(37)53-43)48-50-42-16-8-6-14-39(42)46(52-48)34-20-18-30-10-2-4-12-32(30)26-34/h1-28H. The van der Waals surface area contributed by atoms with Gasteiger partial charge in [0.25, 0.3) is 0 Å². The largest absolute Gasteiger partial charge is 0.228 e. The number of nitrogens with zero attached hydrogens (tertiary/aromatic N) is 4. The minimum Gasteiger partial charge on any atom is -0.228 e. The summed E-state index contributed by atoms with van der Waals surface area (Å²) in [6, 6.07) is 59.8. The molecular weight excluding hydrogens is 665 g/mol. The molecule has 0 spiro atoms. The van der Waals surface area contributed by atoms with Crippen molar-refractivity contribution in [1.82, 2.24) is 19.9 Å². The van der Waals surface area contributed by atoms with Crippen LogP contribution in [0.1, 0.15) is 0 Å². The van der Waals surface area contributed by atoms with Gasteiger partial charge in [-0.15, -0.1) is 11.3 Å². The van der Waals surface area contributed by atoms with E-state index in [9.17, 15) is 0 Å². The quantitative estimate of drug-likeness (QED) is 0.184. The summed E-state index contributed by atoms with van der Waals surface area (Å²) in [5, 5.41) is 9.28. The van der Waals surface area contributed by atoms with E-state index in [1.165, 1.54) is 41.7 Å². The van der Waals surface area contributed by atoms with Crippen LogP contribution in [-0.4, -0.2) is 19.9 Å². The fourth-order valence-corrected chi connectivity index (χ4v) is 8.71. The van der Waals surface area contributed by atoms with Crippen LogP contribution in [-0.2, 0) is 0 Å². The summed E-state index contributed by atoms with van der Waals surface area (Å²) in [5.74, 6) is 1.44. The Kier molecular flexibility index (Phi) is 6.69. The molecule has 5 heteroatoms. The van der Waals surface area contributed by atoms with Crippen LogP contribution in [0.2, 0.25) is 0 Å². The molecule has 0 saturated carbocycles. The summed E-state index contributed by atoms with van der Waals surface area (Å²) in [6.07, 6.45) is 0. The molecule has 0 aliphatic carbocycles. The van der Waals surface area contributed by atoms with Gasteiger partial charge < -0.3 is 0 Å². The molecule has 11 aromatic rings. The summed E-state index contributed by atoms with van der Waals surface area (Å²) in [7, 11) is 0. The Balaban J connectivity index is 1.02.